The molecule has 0 radical (unpaired) electrons. The highest BCUT2D eigenvalue weighted by Crippen LogP contribution is 2.29. The first kappa shape index (κ1) is 27.5. The van der Waals surface area contributed by atoms with Crippen molar-refractivity contribution < 1.29 is 23.6 Å². The second-order valence-electron chi connectivity index (χ2n) is 9.06. The van der Waals surface area contributed by atoms with E-state index in [4.69, 9.17) is 9.57 Å². The van der Waals surface area contributed by atoms with E-state index in [0.717, 1.165) is 5.56 Å². The van der Waals surface area contributed by atoms with Crippen molar-refractivity contribution in [2.45, 2.75) is 45.9 Å². The molecule has 2 aromatic heterocycles. The summed E-state index contributed by atoms with van der Waals surface area (Å²) in [4.78, 5) is 47.5. The fraction of sp³-hybridized carbons (Fsp3) is 0.321. The lowest BCUT2D eigenvalue weighted by Gasteiger charge is -2.14. The molecule has 2 N–H and O–H groups in total. The first-order valence-electron chi connectivity index (χ1n) is 12.5. The lowest BCUT2D eigenvalue weighted by molar-refractivity contribution is -0.121. The van der Waals surface area contributed by atoms with Crippen molar-refractivity contribution in [3.63, 3.8) is 0 Å². The average molecular weight is 536 g/mol. The van der Waals surface area contributed by atoms with Crippen LogP contribution in [0.1, 0.15) is 57.9 Å². The number of halogens is 1. The quantitative estimate of drug-likeness (QED) is 0.434. The third kappa shape index (κ3) is 6.14. The van der Waals surface area contributed by atoms with Crippen LogP contribution in [0.3, 0.4) is 0 Å². The molecule has 0 aliphatic carbocycles. The number of carbonyl (C=O) groups excluding carboxylic acids is 2. The van der Waals surface area contributed by atoms with Crippen molar-refractivity contribution in [1.82, 2.24) is 20.2 Å². The van der Waals surface area contributed by atoms with Crippen molar-refractivity contribution >= 4 is 17.5 Å². The number of pyridine rings is 2. The number of benzene rings is 1. The van der Waals surface area contributed by atoms with Crippen LogP contribution in [0.15, 0.2) is 52.5 Å². The number of aromatic nitrogens is 2. The third-order valence-electron chi connectivity index (χ3n) is 6.53. The van der Waals surface area contributed by atoms with Gasteiger partial charge < -0.3 is 24.8 Å². The van der Waals surface area contributed by atoms with Crippen LogP contribution in [0.5, 0.6) is 5.75 Å². The monoisotopic (exact) mass is 535 g/mol. The minimum absolute atomic E-state index is 0.105. The number of hydrogen-bond donors (Lipinski definition) is 2. The number of oxime groups is 1. The molecule has 1 unspecified atom stereocenters. The summed E-state index contributed by atoms with van der Waals surface area (Å²) in [5.74, 6) is -0.952. The van der Waals surface area contributed by atoms with Crippen LogP contribution in [-0.2, 0) is 29.1 Å². The number of ether oxygens (including phenoxy) is 1. The van der Waals surface area contributed by atoms with Crippen LogP contribution >= 0.6 is 0 Å². The van der Waals surface area contributed by atoms with Gasteiger partial charge in [0.2, 0.25) is 5.91 Å². The minimum Gasteiger partial charge on any atom is -0.494 e. The highest BCUT2D eigenvalue weighted by atomic mass is 19.1. The van der Waals surface area contributed by atoms with E-state index < -0.39 is 11.9 Å². The van der Waals surface area contributed by atoms with Crippen molar-refractivity contribution in [3.05, 3.63) is 92.4 Å². The Morgan fingerprint density at radius 1 is 1.23 bits per heavy atom. The number of rotatable bonds is 9. The standard InChI is InChI=1S/C28H30FN5O5/c1-5-19-16(2)32-22(11-20(19)28(37)31-13-17-6-8-21(29)25(10-17)38-4)23-12-24(39-33-23)18-7-9-27(36)34(14-18)15-26(35)30-3/h6-11,14,24H,5,12-13,15H2,1-4H3,(H,30,35)(H,31,37). The van der Waals surface area contributed by atoms with E-state index in [1.165, 1.54) is 30.9 Å². The van der Waals surface area contributed by atoms with Crippen molar-refractivity contribution in [3.8, 4) is 5.75 Å². The summed E-state index contributed by atoms with van der Waals surface area (Å²) in [6, 6.07) is 9.16. The summed E-state index contributed by atoms with van der Waals surface area (Å²) >= 11 is 0. The Bertz CT molecular complexity index is 1500. The molecule has 4 rings (SSSR count). The number of carbonyl (C=O) groups is 2. The zero-order chi connectivity index (χ0) is 28.1. The molecular formula is C28H30FN5O5. The summed E-state index contributed by atoms with van der Waals surface area (Å²) in [7, 11) is 2.89. The fourth-order valence-electron chi connectivity index (χ4n) is 4.39. The molecule has 10 nitrogen and oxygen atoms in total. The van der Waals surface area contributed by atoms with Gasteiger partial charge in [-0.05, 0) is 48.7 Å². The molecule has 0 bridgehead atoms. The number of methoxy groups -OCH3 is 1. The van der Waals surface area contributed by atoms with E-state index in [0.29, 0.717) is 46.6 Å². The number of aryl methyl sites for hydroxylation is 1. The summed E-state index contributed by atoms with van der Waals surface area (Å²) in [6.45, 7) is 3.87. The lowest BCUT2D eigenvalue weighted by Crippen LogP contribution is -2.30. The van der Waals surface area contributed by atoms with Gasteiger partial charge >= 0.3 is 0 Å². The zero-order valence-electron chi connectivity index (χ0n) is 22.2. The van der Waals surface area contributed by atoms with Crippen molar-refractivity contribution in [1.29, 1.82) is 0 Å². The Kier molecular flexibility index (Phi) is 8.38. The number of likely N-dealkylation sites (N-methyl/N-ethyl adjacent to an activating group) is 1. The van der Waals surface area contributed by atoms with E-state index in [9.17, 15) is 18.8 Å². The van der Waals surface area contributed by atoms with E-state index in [2.05, 4.69) is 20.8 Å². The first-order chi connectivity index (χ1) is 18.7. The van der Waals surface area contributed by atoms with E-state index in [1.54, 1.807) is 30.5 Å². The molecule has 1 aromatic carbocycles. The predicted molar refractivity (Wildman–Crippen MR) is 142 cm³/mol. The molecule has 204 valence electrons. The Balaban J connectivity index is 1.53. The molecular weight excluding hydrogens is 505 g/mol. The molecule has 0 spiro atoms. The lowest BCUT2D eigenvalue weighted by atomic mass is 9.98. The highest BCUT2D eigenvalue weighted by molar-refractivity contribution is 6.03. The fourth-order valence-corrected chi connectivity index (χ4v) is 4.39. The maximum atomic E-state index is 13.7. The SMILES string of the molecule is CCc1c(C(=O)NCc2ccc(F)c(OC)c2)cc(C2=NOC(c3ccc(=O)n(CC(=O)NC)c3)C2)nc1C. The van der Waals surface area contributed by atoms with Gasteiger partial charge in [-0.3, -0.25) is 19.4 Å². The number of amides is 2. The Morgan fingerprint density at radius 3 is 2.74 bits per heavy atom. The zero-order valence-corrected chi connectivity index (χ0v) is 22.2. The molecule has 2 amide bonds. The molecule has 1 aliphatic heterocycles. The van der Waals surface area contributed by atoms with Crippen molar-refractivity contribution in [2.24, 2.45) is 5.16 Å². The topological polar surface area (TPSA) is 124 Å². The highest BCUT2D eigenvalue weighted by Gasteiger charge is 2.27. The van der Waals surface area contributed by atoms with Crippen LogP contribution in [0.25, 0.3) is 0 Å². The molecule has 39 heavy (non-hydrogen) atoms. The first-order valence-corrected chi connectivity index (χ1v) is 12.5. The van der Waals surface area contributed by atoms with Gasteiger partial charge in [0.25, 0.3) is 11.5 Å². The summed E-state index contributed by atoms with van der Waals surface area (Å²) < 4.78 is 20.1. The summed E-state index contributed by atoms with van der Waals surface area (Å²) in [6.07, 6.45) is 2.08. The minimum atomic E-state index is -0.477. The smallest absolute Gasteiger partial charge is 0.251 e. The number of nitrogens with one attached hydrogen (secondary N) is 2. The van der Waals surface area contributed by atoms with Gasteiger partial charge in [-0.2, -0.15) is 0 Å². The molecule has 11 heteroatoms. The second-order valence-corrected chi connectivity index (χ2v) is 9.06. The normalized spacial score (nSPS) is 14.4. The maximum absolute atomic E-state index is 13.7. The molecule has 0 fully saturated rings. The largest absolute Gasteiger partial charge is 0.494 e. The van der Waals surface area contributed by atoms with Gasteiger partial charge in [-0.25, -0.2) is 4.39 Å². The van der Waals surface area contributed by atoms with Crippen molar-refractivity contribution in [2.75, 3.05) is 14.2 Å². The van der Waals surface area contributed by atoms with Gasteiger partial charge in [0.05, 0.1) is 12.8 Å². The number of hydrogen-bond acceptors (Lipinski definition) is 7. The number of nitrogens with zero attached hydrogens (tertiary/aromatic N) is 3. The molecule has 0 saturated heterocycles. The van der Waals surface area contributed by atoms with E-state index in [1.807, 2.05) is 13.8 Å². The van der Waals surface area contributed by atoms with Crippen LogP contribution < -0.4 is 20.9 Å². The van der Waals surface area contributed by atoms with Crippen LogP contribution in [0.4, 0.5) is 4.39 Å². The van der Waals surface area contributed by atoms with Gasteiger partial charge in [-0.15, -0.1) is 0 Å². The van der Waals surface area contributed by atoms with Gasteiger partial charge in [0.15, 0.2) is 17.7 Å². The van der Waals surface area contributed by atoms with Crippen LogP contribution in [0, 0.1) is 12.7 Å². The summed E-state index contributed by atoms with van der Waals surface area (Å²) in [5.41, 5.74) is 4.14. The molecule has 3 aromatic rings. The Labute approximate surface area is 224 Å². The molecule has 1 aliphatic rings. The maximum Gasteiger partial charge on any atom is 0.251 e. The van der Waals surface area contributed by atoms with Crippen LogP contribution in [0.2, 0.25) is 0 Å². The van der Waals surface area contributed by atoms with Crippen LogP contribution in [-0.4, -0.2) is 41.2 Å². The van der Waals surface area contributed by atoms with Gasteiger partial charge in [0.1, 0.15) is 12.3 Å². The molecule has 1 atom stereocenters. The second kappa shape index (κ2) is 11.9. The molecule has 3 heterocycles. The van der Waals surface area contributed by atoms with Gasteiger partial charge in [0, 0.05) is 49.1 Å². The van der Waals surface area contributed by atoms with E-state index in [-0.39, 0.29) is 36.2 Å². The van der Waals surface area contributed by atoms with Gasteiger partial charge in [-0.1, -0.05) is 18.1 Å². The van der Waals surface area contributed by atoms with E-state index >= 15 is 0 Å². The Hall–Kier alpha value is -4.54. The average Bonchev–Trinajstić information content (AvgIpc) is 3.43. The molecule has 0 saturated carbocycles. The third-order valence-corrected chi connectivity index (χ3v) is 6.53. The summed E-state index contributed by atoms with van der Waals surface area (Å²) in [5, 5.41) is 9.61. The predicted octanol–water partition coefficient (Wildman–Crippen LogP) is 2.80. The Morgan fingerprint density at radius 2 is 2.03 bits per heavy atom.